The molecular weight excluding hydrogens is 232 g/mol. The van der Waals surface area contributed by atoms with Crippen LogP contribution < -0.4 is 10.6 Å². The number of nitrogens with one attached hydrogen (secondary N) is 2. The topological polar surface area (TPSA) is 70.6 Å². The van der Waals surface area contributed by atoms with Crippen LogP contribution in [-0.2, 0) is 4.74 Å². The molecule has 18 heavy (non-hydrogen) atoms. The minimum absolute atomic E-state index is 0.257. The summed E-state index contributed by atoms with van der Waals surface area (Å²) in [4.78, 5) is 11.8. The molecule has 0 heterocycles. The lowest BCUT2D eigenvalue weighted by Gasteiger charge is -2.35. The van der Waals surface area contributed by atoms with E-state index in [-0.39, 0.29) is 11.5 Å². The lowest BCUT2D eigenvalue weighted by Crippen LogP contribution is -2.54. The zero-order valence-corrected chi connectivity index (χ0v) is 12.6. The highest BCUT2D eigenvalue weighted by Crippen LogP contribution is 2.22. The van der Waals surface area contributed by atoms with E-state index in [1.165, 1.54) is 0 Å². The van der Waals surface area contributed by atoms with Crippen LogP contribution >= 0.6 is 0 Å². The Labute approximate surface area is 110 Å². The molecule has 3 N–H and O–H groups in total. The van der Waals surface area contributed by atoms with E-state index in [0.717, 1.165) is 0 Å². The Balaban J connectivity index is 4.66. The third-order valence-corrected chi connectivity index (χ3v) is 2.40. The average Bonchev–Trinajstić information content (AvgIpc) is 2.09. The van der Waals surface area contributed by atoms with Gasteiger partial charge in [0.2, 0.25) is 0 Å². The maximum absolute atomic E-state index is 11.8. The Kier molecular flexibility index (Phi) is 6.10. The molecule has 2 atom stereocenters. The minimum atomic E-state index is -0.664. The predicted molar refractivity (Wildman–Crippen MR) is 72.5 cm³/mol. The van der Waals surface area contributed by atoms with Crippen LogP contribution in [0, 0.1) is 5.41 Å². The monoisotopic (exact) mass is 260 g/mol. The molecule has 0 saturated heterocycles. The van der Waals surface area contributed by atoms with Crippen molar-refractivity contribution in [2.24, 2.45) is 5.41 Å². The standard InChI is InChI=1S/C13H28N2O3/c1-12(2,3)10(9(16)8-14-7)15-11(17)18-13(4,5)6/h9-10,14,16H,8H2,1-7H3,(H,15,17). The third-order valence-electron chi connectivity index (χ3n) is 2.40. The number of aliphatic hydroxyl groups excluding tert-OH is 1. The zero-order valence-electron chi connectivity index (χ0n) is 12.6. The van der Waals surface area contributed by atoms with E-state index < -0.39 is 17.8 Å². The highest BCUT2D eigenvalue weighted by molar-refractivity contribution is 5.68. The first-order chi connectivity index (χ1) is 7.97. The molecule has 0 aromatic heterocycles. The molecular formula is C13H28N2O3. The van der Waals surface area contributed by atoms with Crippen molar-refractivity contribution in [3.63, 3.8) is 0 Å². The van der Waals surface area contributed by atoms with Crippen LogP contribution in [0.5, 0.6) is 0 Å². The number of alkyl carbamates (subject to hydrolysis) is 1. The first-order valence-electron chi connectivity index (χ1n) is 6.29. The van der Waals surface area contributed by atoms with Gasteiger partial charge in [0, 0.05) is 6.54 Å². The molecule has 0 radical (unpaired) electrons. The summed E-state index contributed by atoms with van der Waals surface area (Å²) in [6.07, 6.45) is -1.17. The maximum Gasteiger partial charge on any atom is 0.407 e. The summed E-state index contributed by atoms with van der Waals surface area (Å²) >= 11 is 0. The summed E-state index contributed by atoms with van der Waals surface area (Å²) in [6, 6.07) is -0.375. The number of amides is 1. The van der Waals surface area contributed by atoms with Gasteiger partial charge < -0.3 is 20.5 Å². The normalized spacial score (nSPS) is 16.0. The van der Waals surface area contributed by atoms with Crippen LogP contribution in [0.4, 0.5) is 4.79 Å². The highest BCUT2D eigenvalue weighted by Gasteiger charge is 2.33. The largest absolute Gasteiger partial charge is 0.444 e. The van der Waals surface area contributed by atoms with Crippen molar-refractivity contribution in [2.75, 3.05) is 13.6 Å². The summed E-state index contributed by atoms with van der Waals surface area (Å²) in [7, 11) is 1.76. The fourth-order valence-corrected chi connectivity index (χ4v) is 1.65. The van der Waals surface area contributed by atoms with Crippen molar-refractivity contribution >= 4 is 6.09 Å². The van der Waals surface area contributed by atoms with Gasteiger partial charge in [-0.1, -0.05) is 20.8 Å². The van der Waals surface area contributed by atoms with E-state index in [9.17, 15) is 9.90 Å². The Morgan fingerprint density at radius 3 is 2.06 bits per heavy atom. The molecule has 2 unspecified atom stereocenters. The molecule has 0 spiro atoms. The second kappa shape index (κ2) is 6.38. The fraction of sp³-hybridized carbons (Fsp3) is 0.923. The van der Waals surface area contributed by atoms with Gasteiger partial charge >= 0.3 is 6.09 Å². The van der Waals surface area contributed by atoms with Crippen molar-refractivity contribution in [1.29, 1.82) is 0 Å². The number of aliphatic hydroxyl groups is 1. The molecule has 1 amide bonds. The van der Waals surface area contributed by atoms with Crippen LogP contribution in [0.25, 0.3) is 0 Å². The van der Waals surface area contributed by atoms with E-state index in [1.807, 2.05) is 41.5 Å². The summed E-state index contributed by atoms with van der Waals surface area (Å²) in [5.41, 5.74) is -0.798. The summed E-state index contributed by atoms with van der Waals surface area (Å²) in [6.45, 7) is 11.7. The van der Waals surface area contributed by atoms with Crippen LogP contribution in [0.2, 0.25) is 0 Å². The quantitative estimate of drug-likeness (QED) is 0.716. The molecule has 0 saturated carbocycles. The van der Waals surface area contributed by atoms with Gasteiger partial charge in [-0.05, 0) is 33.2 Å². The zero-order chi connectivity index (χ0) is 14.6. The van der Waals surface area contributed by atoms with Gasteiger partial charge in [-0.25, -0.2) is 4.79 Å². The van der Waals surface area contributed by atoms with Crippen LogP contribution in [0.3, 0.4) is 0 Å². The molecule has 0 aliphatic rings. The first kappa shape index (κ1) is 17.2. The lowest BCUT2D eigenvalue weighted by molar-refractivity contribution is 0.0279. The number of rotatable bonds is 4. The predicted octanol–water partition coefficient (Wildman–Crippen LogP) is 1.51. The van der Waals surface area contributed by atoms with Crippen molar-refractivity contribution in [3.8, 4) is 0 Å². The van der Waals surface area contributed by atoms with Gasteiger partial charge in [0.15, 0.2) is 0 Å². The van der Waals surface area contributed by atoms with Gasteiger partial charge in [-0.3, -0.25) is 0 Å². The highest BCUT2D eigenvalue weighted by atomic mass is 16.6. The Hall–Kier alpha value is -0.810. The number of likely N-dealkylation sites (N-methyl/N-ethyl adjacent to an activating group) is 1. The molecule has 0 bridgehead atoms. The number of ether oxygens (including phenoxy) is 1. The number of carbonyl (C=O) groups is 1. The van der Waals surface area contributed by atoms with Gasteiger partial charge in [-0.15, -0.1) is 0 Å². The summed E-state index contributed by atoms with van der Waals surface area (Å²) in [5.74, 6) is 0. The smallest absolute Gasteiger partial charge is 0.407 e. The third kappa shape index (κ3) is 6.81. The van der Waals surface area contributed by atoms with Gasteiger partial charge in [0.05, 0.1) is 12.1 Å². The molecule has 0 fully saturated rings. The minimum Gasteiger partial charge on any atom is -0.444 e. The van der Waals surface area contributed by atoms with Crippen LogP contribution in [0.1, 0.15) is 41.5 Å². The summed E-state index contributed by atoms with van der Waals surface area (Å²) < 4.78 is 5.21. The van der Waals surface area contributed by atoms with Gasteiger partial charge in [-0.2, -0.15) is 0 Å². The SMILES string of the molecule is CNCC(O)C(NC(=O)OC(C)(C)C)C(C)(C)C. The van der Waals surface area contributed by atoms with Crippen molar-refractivity contribution in [1.82, 2.24) is 10.6 Å². The first-order valence-corrected chi connectivity index (χ1v) is 6.29. The van der Waals surface area contributed by atoms with Crippen LogP contribution in [-0.4, -0.2) is 42.5 Å². The van der Waals surface area contributed by atoms with Gasteiger partial charge in [0.1, 0.15) is 5.60 Å². The van der Waals surface area contributed by atoms with Gasteiger partial charge in [0.25, 0.3) is 0 Å². The second-order valence-corrected chi connectivity index (χ2v) is 6.61. The Bertz CT molecular complexity index is 266. The van der Waals surface area contributed by atoms with Crippen molar-refractivity contribution in [2.45, 2.75) is 59.3 Å². The lowest BCUT2D eigenvalue weighted by atomic mass is 9.83. The van der Waals surface area contributed by atoms with Crippen molar-refractivity contribution < 1.29 is 14.6 Å². The summed E-state index contributed by atoms with van der Waals surface area (Å²) in [5, 5.41) is 15.7. The molecule has 5 heteroatoms. The molecule has 0 aliphatic carbocycles. The van der Waals surface area contributed by atoms with E-state index in [4.69, 9.17) is 4.74 Å². The maximum atomic E-state index is 11.8. The number of carbonyl (C=O) groups excluding carboxylic acids is 1. The molecule has 0 rings (SSSR count). The van der Waals surface area contributed by atoms with E-state index in [2.05, 4.69) is 10.6 Å². The van der Waals surface area contributed by atoms with E-state index in [0.29, 0.717) is 6.54 Å². The molecule has 5 nitrogen and oxygen atoms in total. The Morgan fingerprint density at radius 1 is 1.22 bits per heavy atom. The average molecular weight is 260 g/mol. The molecule has 108 valence electrons. The van der Waals surface area contributed by atoms with E-state index >= 15 is 0 Å². The number of hydrogen-bond acceptors (Lipinski definition) is 4. The molecule has 0 aromatic carbocycles. The molecule has 0 aromatic rings. The Morgan fingerprint density at radius 2 is 1.72 bits per heavy atom. The van der Waals surface area contributed by atoms with Crippen molar-refractivity contribution in [3.05, 3.63) is 0 Å². The fourth-order valence-electron chi connectivity index (χ4n) is 1.65. The molecule has 0 aliphatic heterocycles. The number of hydrogen-bond donors (Lipinski definition) is 3. The second-order valence-electron chi connectivity index (χ2n) is 6.61. The van der Waals surface area contributed by atoms with E-state index in [1.54, 1.807) is 7.05 Å². The van der Waals surface area contributed by atoms with Crippen LogP contribution in [0.15, 0.2) is 0 Å².